The molecule has 1 unspecified atom stereocenters. The SMILES string of the molecule is CC(=O)C(Br)c1c(I)cccc1OC(F)F. The lowest BCUT2D eigenvalue weighted by Gasteiger charge is -2.15. The van der Waals surface area contributed by atoms with Gasteiger partial charge in [0.1, 0.15) is 16.4 Å². The molecule has 1 aromatic carbocycles. The fourth-order valence-electron chi connectivity index (χ4n) is 1.17. The van der Waals surface area contributed by atoms with Crippen LogP contribution < -0.4 is 4.74 Å². The zero-order valence-corrected chi connectivity index (χ0v) is 12.0. The van der Waals surface area contributed by atoms with Gasteiger partial charge in [0, 0.05) is 9.13 Å². The van der Waals surface area contributed by atoms with Gasteiger partial charge >= 0.3 is 6.61 Å². The molecule has 0 spiro atoms. The van der Waals surface area contributed by atoms with Crippen LogP contribution in [0.5, 0.6) is 5.75 Å². The number of halogens is 4. The minimum atomic E-state index is -2.90. The van der Waals surface area contributed by atoms with E-state index in [1.165, 1.54) is 13.0 Å². The maximum absolute atomic E-state index is 12.2. The van der Waals surface area contributed by atoms with Crippen LogP contribution in [0.15, 0.2) is 18.2 Å². The standard InChI is InChI=1S/C10H8BrF2IO2/c1-5(15)9(11)8-6(14)3-2-4-7(8)16-10(12)13/h2-4,9-10H,1H3. The fourth-order valence-corrected chi connectivity index (χ4v) is 2.85. The summed E-state index contributed by atoms with van der Waals surface area (Å²) in [6.45, 7) is -1.52. The van der Waals surface area contributed by atoms with Crippen LogP contribution in [0.4, 0.5) is 8.78 Å². The highest BCUT2D eigenvalue weighted by Crippen LogP contribution is 2.36. The minimum Gasteiger partial charge on any atom is -0.434 e. The van der Waals surface area contributed by atoms with Crippen LogP contribution in [0.25, 0.3) is 0 Å². The monoisotopic (exact) mass is 404 g/mol. The van der Waals surface area contributed by atoms with Crippen LogP contribution >= 0.6 is 38.5 Å². The number of carbonyl (C=O) groups is 1. The molecule has 16 heavy (non-hydrogen) atoms. The molecule has 6 heteroatoms. The van der Waals surface area contributed by atoms with E-state index in [0.29, 0.717) is 9.13 Å². The van der Waals surface area contributed by atoms with Crippen LogP contribution in [0.2, 0.25) is 0 Å². The highest BCUT2D eigenvalue weighted by atomic mass is 127. The van der Waals surface area contributed by atoms with Crippen LogP contribution in [-0.2, 0) is 4.79 Å². The first-order valence-electron chi connectivity index (χ1n) is 4.31. The van der Waals surface area contributed by atoms with Gasteiger partial charge in [0.05, 0.1) is 0 Å². The van der Waals surface area contributed by atoms with Crippen LogP contribution in [-0.4, -0.2) is 12.4 Å². The molecule has 0 aromatic heterocycles. The summed E-state index contributed by atoms with van der Waals surface area (Å²) in [4.78, 5) is 10.6. The molecule has 0 aliphatic heterocycles. The number of alkyl halides is 3. The summed E-state index contributed by atoms with van der Waals surface area (Å²) in [5, 5.41) is 0. The van der Waals surface area contributed by atoms with Gasteiger partial charge in [-0.2, -0.15) is 8.78 Å². The summed E-state index contributed by atoms with van der Waals surface area (Å²) in [5.41, 5.74) is 0.441. The van der Waals surface area contributed by atoms with Gasteiger partial charge in [-0.1, -0.05) is 22.0 Å². The predicted octanol–water partition coefficient (Wildman–Crippen LogP) is 3.92. The Morgan fingerprint density at radius 1 is 1.50 bits per heavy atom. The molecule has 1 aromatic rings. The third kappa shape index (κ3) is 3.38. The summed E-state index contributed by atoms with van der Waals surface area (Å²) in [5.74, 6) is -0.137. The van der Waals surface area contributed by atoms with Crippen molar-refractivity contribution < 1.29 is 18.3 Å². The minimum absolute atomic E-state index is 0.0268. The first-order chi connectivity index (χ1) is 7.43. The first-order valence-corrected chi connectivity index (χ1v) is 6.30. The third-order valence-electron chi connectivity index (χ3n) is 1.84. The van der Waals surface area contributed by atoms with Crippen LogP contribution in [0, 0.1) is 3.57 Å². The Morgan fingerprint density at radius 2 is 2.12 bits per heavy atom. The molecule has 1 rings (SSSR count). The lowest BCUT2D eigenvalue weighted by Crippen LogP contribution is -2.09. The van der Waals surface area contributed by atoms with Gasteiger partial charge in [-0.3, -0.25) is 4.79 Å². The molecule has 0 bridgehead atoms. The summed E-state index contributed by atoms with van der Waals surface area (Å²) < 4.78 is 29.4. The Labute approximate surface area is 114 Å². The van der Waals surface area contributed by atoms with Crippen molar-refractivity contribution in [3.63, 3.8) is 0 Å². The predicted molar refractivity (Wildman–Crippen MR) is 68.1 cm³/mol. The topological polar surface area (TPSA) is 26.3 Å². The molecule has 0 radical (unpaired) electrons. The summed E-state index contributed by atoms with van der Waals surface area (Å²) >= 11 is 5.14. The molecule has 2 nitrogen and oxygen atoms in total. The van der Waals surface area contributed by atoms with E-state index < -0.39 is 11.4 Å². The van der Waals surface area contributed by atoms with E-state index in [-0.39, 0.29) is 11.5 Å². The van der Waals surface area contributed by atoms with Gasteiger partial charge in [0.2, 0.25) is 0 Å². The number of ether oxygens (including phenoxy) is 1. The van der Waals surface area contributed by atoms with E-state index in [0.717, 1.165) is 0 Å². The second-order valence-corrected chi connectivity index (χ2v) is 5.08. The third-order valence-corrected chi connectivity index (χ3v) is 3.88. The number of hydrogen-bond acceptors (Lipinski definition) is 2. The number of benzene rings is 1. The Morgan fingerprint density at radius 3 is 2.62 bits per heavy atom. The van der Waals surface area contributed by atoms with E-state index in [9.17, 15) is 13.6 Å². The van der Waals surface area contributed by atoms with Gasteiger partial charge in [-0.05, 0) is 41.6 Å². The summed E-state index contributed by atoms with van der Waals surface area (Å²) in [6, 6.07) is 4.75. The van der Waals surface area contributed by atoms with Gasteiger partial charge < -0.3 is 4.74 Å². The Kier molecular flexibility index (Phi) is 5.10. The molecule has 88 valence electrons. The Hall–Kier alpha value is -0.240. The molecule has 0 saturated heterocycles. The molecular weight excluding hydrogens is 397 g/mol. The van der Waals surface area contributed by atoms with Gasteiger partial charge in [0.25, 0.3) is 0 Å². The Balaban J connectivity index is 3.17. The number of Topliss-reactive ketones (excluding diaryl/α,β-unsaturated/α-hetero) is 1. The van der Waals surface area contributed by atoms with Crippen molar-refractivity contribution in [2.45, 2.75) is 18.4 Å². The highest BCUT2D eigenvalue weighted by molar-refractivity contribution is 14.1. The van der Waals surface area contributed by atoms with E-state index in [1.54, 1.807) is 12.1 Å². The highest BCUT2D eigenvalue weighted by Gasteiger charge is 2.22. The maximum atomic E-state index is 12.2. The quantitative estimate of drug-likeness (QED) is 0.561. The summed E-state index contributed by atoms with van der Waals surface area (Å²) in [6.07, 6.45) is 0. The van der Waals surface area contributed by atoms with Crippen molar-refractivity contribution in [2.75, 3.05) is 0 Å². The molecule has 0 aliphatic rings. The van der Waals surface area contributed by atoms with Gasteiger partial charge in [-0.15, -0.1) is 0 Å². The first kappa shape index (κ1) is 13.8. The second-order valence-electron chi connectivity index (χ2n) is 3.00. The number of carbonyl (C=O) groups excluding carboxylic acids is 1. The van der Waals surface area contributed by atoms with E-state index in [1.807, 2.05) is 22.6 Å². The van der Waals surface area contributed by atoms with Crippen LogP contribution in [0.1, 0.15) is 17.3 Å². The number of hydrogen-bond donors (Lipinski definition) is 0. The molecule has 1 atom stereocenters. The smallest absolute Gasteiger partial charge is 0.387 e. The zero-order valence-electron chi connectivity index (χ0n) is 8.22. The van der Waals surface area contributed by atoms with Crippen molar-refractivity contribution in [3.05, 3.63) is 27.3 Å². The molecule has 0 N–H and O–H groups in total. The molecule has 0 amide bonds. The maximum Gasteiger partial charge on any atom is 0.387 e. The normalized spacial score (nSPS) is 12.6. The average molecular weight is 405 g/mol. The molecule has 0 aliphatic carbocycles. The second kappa shape index (κ2) is 5.90. The zero-order chi connectivity index (χ0) is 12.3. The van der Waals surface area contributed by atoms with Crippen molar-refractivity contribution in [2.24, 2.45) is 0 Å². The van der Waals surface area contributed by atoms with Crippen LogP contribution in [0.3, 0.4) is 0 Å². The lowest BCUT2D eigenvalue weighted by molar-refractivity contribution is -0.116. The van der Waals surface area contributed by atoms with E-state index in [4.69, 9.17) is 0 Å². The average Bonchev–Trinajstić information content (AvgIpc) is 2.16. The molecule has 0 fully saturated rings. The van der Waals surface area contributed by atoms with Crippen molar-refractivity contribution >= 4 is 44.3 Å². The molecule has 0 heterocycles. The van der Waals surface area contributed by atoms with Crippen molar-refractivity contribution in [1.82, 2.24) is 0 Å². The molecular formula is C10H8BrF2IO2. The van der Waals surface area contributed by atoms with E-state index in [2.05, 4.69) is 20.7 Å². The largest absolute Gasteiger partial charge is 0.434 e. The van der Waals surface area contributed by atoms with E-state index >= 15 is 0 Å². The van der Waals surface area contributed by atoms with Gasteiger partial charge in [-0.25, -0.2) is 0 Å². The summed E-state index contributed by atoms with van der Waals surface area (Å²) in [7, 11) is 0. The molecule has 0 saturated carbocycles. The van der Waals surface area contributed by atoms with Crippen molar-refractivity contribution in [3.8, 4) is 5.75 Å². The lowest BCUT2D eigenvalue weighted by atomic mass is 10.1. The van der Waals surface area contributed by atoms with Gasteiger partial charge in [0.15, 0.2) is 0 Å². The number of ketones is 1. The number of rotatable bonds is 4. The fraction of sp³-hybridized carbons (Fsp3) is 0.300. The van der Waals surface area contributed by atoms with Crippen molar-refractivity contribution in [1.29, 1.82) is 0 Å². The Bertz CT molecular complexity index is 398.